The van der Waals surface area contributed by atoms with E-state index < -0.39 is 0 Å². The molecule has 0 bridgehead atoms. The zero-order valence-electron chi connectivity index (χ0n) is 15.5. The Morgan fingerprint density at radius 3 is 2.39 bits per heavy atom. The second-order valence-electron chi connectivity index (χ2n) is 6.08. The first-order valence-corrected chi connectivity index (χ1v) is 9.36. The summed E-state index contributed by atoms with van der Waals surface area (Å²) in [6.45, 7) is 4.10. The molecule has 0 fully saturated rings. The molecule has 0 saturated heterocycles. The van der Waals surface area contributed by atoms with Gasteiger partial charge in [-0.25, -0.2) is 9.97 Å². The van der Waals surface area contributed by atoms with Gasteiger partial charge in [-0.2, -0.15) is 10.5 Å². The predicted molar refractivity (Wildman–Crippen MR) is 111 cm³/mol. The maximum atomic E-state index is 8.88. The first-order valence-electron chi connectivity index (χ1n) is 8.54. The molecule has 3 rings (SSSR count). The van der Waals surface area contributed by atoms with Crippen LogP contribution in [0.4, 0.5) is 11.6 Å². The second-order valence-corrected chi connectivity index (χ2v) is 7.11. The predicted octanol–water partition coefficient (Wildman–Crippen LogP) is 5.40. The van der Waals surface area contributed by atoms with Gasteiger partial charge < -0.3 is 5.32 Å². The molecule has 1 heterocycles. The highest BCUT2D eigenvalue weighted by molar-refractivity contribution is 7.99. The van der Waals surface area contributed by atoms with Crippen molar-refractivity contribution in [1.29, 1.82) is 10.5 Å². The van der Waals surface area contributed by atoms with E-state index in [1.54, 1.807) is 36.2 Å². The first kappa shape index (κ1) is 19.2. The number of nitriles is 2. The minimum absolute atomic E-state index is 0.499. The minimum atomic E-state index is 0.499. The van der Waals surface area contributed by atoms with Gasteiger partial charge in [0.05, 0.1) is 17.7 Å². The van der Waals surface area contributed by atoms with Gasteiger partial charge in [-0.1, -0.05) is 23.9 Å². The molecule has 0 aliphatic carbocycles. The summed E-state index contributed by atoms with van der Waals surface area (Å²) in [6.07, 6.45) is 5.00. The normalized spacial score (nSPS) is 10.4. The Hall–Kier alpha value is -3.61. The van der Waals surface area contributed by atoms with Gasteiger partial charge in [-0.05, 0) is 66.9 Å². The third-order valence-corrected chi connectivity index (χ3v) is 5.22. The van der Waals surface area contributed by atoms with Crippen molar-refractivity contribution in [3.05, 3.63) is 77.0 Å². The Labute approximate surface area is 168 Å². The lowest BCUT2D eigenvalue weighted by Crippen LogP contribution is -1.97. The van der Waals surface area contributed by atoms with Crippen LogP contribution in [0.2, 0.25) is 0 Å². The van der Waals surface area contributed by atoms with E-state index in [1.807, 2.05) is 24.3 Å². The number of rotatable bonds is 5. The van der Waals surface area contributed by atoms with Crippen molar-refractivity contribution < 1.29 is 0 Å². The lowest BCUT2D eigenvalue weighted by atomic mass is 10.1. The highest BCUT2D eigenvalue weighted by Crippen LogP contribution is 2.33. The molecule has 6 heteroatoms. The number of benzene rings is 2. The van der Waals surface area contributed by atoms with Crippen molar-refractivity contribution in [2.75, 3.05) is 5.32 Å². The number of hydrogen-bond donors (Lipinski definition) is 1. The van der Waals surface area contributed by atoms with Gasteiger partial charge in [0.2, 0.25) is 5.95 Å². The van der Waals surface area contributed by atoms with Gasteiger partial charge in [-0.15, -0.1) is 0 Å². The monoisotopic (exact) mass is 383 g/mol. The fourth-order valence-electron chi connectivity index (χ4n) is 2.70. The number of allylic oxidation sites excluding steroid dienone is 1. The highest BCUT2D eigenvalue weighted by Gasteiger charge is 2.09. The Morgan fingerprint density at radius 2 is 1.75 bits per heavy atom. The SMILES string of the molecule is Cc1cc(/C=C/C#N)cc(C)c1Sc1ccnc(Nc2ccc(C#N)cc2)n1. The van der Waals surface area contributed by atoms with Crippen molar-refractivity contribution in [2.45, 2.75) is 23.8 Å². The zero-order chi connectivity index (χ0) is 19.9. The van der Waals surface area contributed by atoms with E-state index in [-0.39, 0.29) is 0 Å². The summed E-state index contributed by atoms with van der Waals surface area (Å²) in [5.41, 5.74) is 4.69. The van der Waals surface area contributed by atoms with Gasteiger partial charge in [0.1, 0.15) is 5.03 Å². The fourth-order valence-corrected chi connectivity index (χ4v) is 3.61. The Morgan fingerprint density at radius 1 is 1.04 bits per heavy atom. The quantitative estimate of drug-likeness (QED) is 0.469. The molecule has 0 atom stereocenters. The smallest absolute Gasteiger partial charge is 0.228 e. The van der Waals surface area contributed by atoms with Crippen molar-refractivity contribution in [3.8, 4) is 12.1 Å². The minimum Gasteiger partial charge on any atom is -0.324 e. The van der Waals surface area contributed by atoms with E-state index >= 15 is 0 Å². The van der Waals surface area contributed by atoms with Crippen LogP contribution in [0.15, 0.2) is 64.7 Å². The lowest BCUT2D eigenvalue weighted by Gasteiger charge is -2.11. The number of anilines is 2. The average molecular weight is 383 g/mol. The maximum Gasteiger partial charge on any atom is 0.228 e. The molecule has 3 aromatic rings. The number of hydrogen-bond acceptors (Lipinski definition) is 6. The van der Waals surface area contributed by atoms with Crippen LogP contribution in [0, 0.1) is 36.5 Å². The van der Waals surface area contributed by atoms with Gasteiger partial charge in [-0.3, -0.25) is 0 Å². The van der Waals surface area contributed by atoms with Gasteiger partial charge >= 0.3 is 0 Å². The van der Waals surface area contributed by atoms with E-state index in [2.05, 4.69) is 47.3 Å². The largest absolute Gasteiger partial charge is 0.324 e. The Balaban J connectivity index is 1.80. The molecule has 0 spiro atoms. The third kappa shape index (κ3) is 4.76. The fraction of sp³-hybridized carbons (Fsp3) is 0.0909. The summed E-state index contributed by atoms with van der Waals surface area (Å²) in [7, 11) is 0. The van der Waals surface area contributed by atoms with Crippen LogP contribution < -0.4 is 5.32 Å². The first-order chi connectivity index (χ1) is 13.6. The second kappa shape index (κ2) is 8.85. The van der Waals surface area contributed by atoms with Crippen molar-refractivity contribution in [2.24, 2.45) is 0 Å². The number of nitrogens with one attached hydrogen (secondary N) is 1. The highest BCUT2D eigenvalue weighted by atomic mass is 32.2. The molecule has 0 radical (unpaired) electrons. The number of aryl methyl sites for hydroxylation is 2. The van der Waals surface area contributed by atoms with Crippen LogP contribution in [0.1, 0.15) is 22.3 Å². The molecule has 0 unspecified atom stereocenters. The third-order valence-electron chi connectivity index (χ3n) is 3.94. The number of nitrogens with zero attached hydrogens (tertiary/aromatic N) is 4. The molecule has 5 nitrogen and oxygen atoms in total. The summed E-state index contributed by atoms with van der Waals surface area (Å²) < 4.78 is 0. The van der Waals surface area contributed by atoms with Crippen molar-refractivity contribution >= 4 is 29.5 Å². The van der Waals surface area contributed by atoms with E-state index in [4.69, 9.17) is 10.5 Å². The zero-order valence-corrected chi connectivity index (χ0v) is 16.3. The molecular weight excluding hydrogens is 366 g/mol. The molecule has 0 amide bonds. The summed E-state index contributed by atoms with van der Waals surface area (Å²) in [5.74, 6) is 0.499. The van der Waals surface area contributed by atoms with Crippen LogP contribution in [0.3, 0.4) is 0 Å². The van der Waals surface area contributed by atoms with Gasteiger partial charge in [0.15, 0.2) is 0 Å². The molecule has 1 N–H and O–H groups in total. The van der Waals surface area contributed by atoms with Crippen molar-refractivity contribution in [1.82, 2.24) is 9.97 Å². The van der Waals surface area contributed by atoms with Crippen molar-refractivity contribution in [3.63, 3.8) is 0 Å². The van der Waals surface area contributed by atoms with Gasteiger partial charge in [0, 0.05) is 22.9 Å². The van der Waals surface area contributed by atoms with E-state index in [0.29, 0.717) is 11.5 Å². The molecule has 2 aromatic carbocycles. The van der Waals surface area contributed by atoms with Crippen LogP contribution in [0.5, 0.6) is 0 Å². The molecule has 0 aliphatic heterocycles. The molecule has 136 valence electrons. The molecular formula is C22H17N5S. The average Bonchev–Trinajstić information content (AvgIpc) is 2.70. The molecule has 28 heavy (non-hydrogen) atoms. The summed E-state index contributed by atoms with van der Waals surface area (Å²) in [6, 6.07) is 17.2. The van der Waals surface area contributed by atoms with E-state index in [1.165, 1.54) is 6.08 Å². The topological polar surface area (TPSA) is 85.4 Å². The van der Waals surface area contributed by atoms with Crippen LogP contribution in [-0.4, -0.2) is 9.97 Å². The summed E-state index contributed by atoms with van der Waals surface area (Å²) in [4.78, 5) is 9.99. The molecule has 0 saturated carbocycles. The van der Waals surface area contributed by atoms with Crippen LogP contribution in [0.25, 0.3) is 6.08 Å². The van der Waals surface area contributed by atoms with Gasteiger partial charge in [0.25, 0.3) is 0 Å². The van der Waals surface area contributed by atoms with E-state index in [9.17, 15) is 0 Å². The summed E-state index contributed by atoms with van der Waals surface area (Å²) >= 11 is 1.58. The standard InChI is InChI=1S/C22H17N5S/c1-15-12-18(4-3-10-23)13-16(2)21(15)28-20-9-11-25-22(27-20)26-19-7-5-17(14-24)6-8-19/h3-9,11-13H,1-2H3,(H,25,26,27)/b4-3+. The molecule has 1 aromatic heterocycles. The number of aromatic nitrogens is 2. The lowest BCUT2D eigenvalue weighted by molar-refractivity contribution is 1.05. The van der Waals surface area contributed by atoms with Crippen LogP contribution in [-0.2, 0) is 0 Å². The maximum absolute atomic E-state index is 8.88. The molecule has 0 aliphatic rings. The summed E-state index contributed by atoms with van der Waals surface area (Å²) in [5, 5.41) is 21.6. The Bertz CT molecular complexity index is 1080. The van der Waals surface area contributed by atoms with E-state index in [0.717, 1.165) is 32.3 Å². The Kier molecular flexibility index (Phi) is 6.06. The van der Waals surface area contributed by atoms with Crippen LogP contribution >= 0.6 is 11.8 Å².